The first-order valence-corrected chi connectivity index (χ1v) is 7.41. The quantitative estimate of drug-likeness (QED) is 0.545. The topological polar surface area (TPSA) is 20.7 Å². The number of nitrogens with zero attached hydrogens (tertiary/aromatic N) is 1. The van der Waals surface area contributed by atoms with Crippen LogP contribution < -0.4 is 0 Å². The molecule has 1 aromatic heterocycles. The SMILES string of the molecule is Fc1cc2c(cc1Br)[nH]c(=S)n2-c1cccc(Br)c1. The summed E-state index contributed by atoms with van der Waals surface area (Å²) in [7, 11) is 0. The predicted molar refractivity (Wildman–Crippen MR) is 83.8 cm³/mol. The summed E-state index contributed by atoms with van der Waals surface area (Å²) in [5.74, 6) is -0.315. The van der Waals surface area contributed by atoms with Gasteiger partial charge in [0.05, 0.1) is 15.5 Å². The third-order valence-corrected chi connectivity index (χ3v) is 4.18. The van der Waals surface area contributed by atoms with E-state index in [1.54, 1.807) is 6.07 Å². The molecule has 3 aromatic rings. The van der Waals surface area contributed by atoms with Gasteiger partial charge in [0, 0.05) is 16.2 Å². The fraction of sp³-hybridized carbons (Fsp3) is 0. The third-order valence-electron chi connectivity index (χ3n) is 2.79. The number of halogens is 3. The zero-order valence-corrected chi connectivity index (χ0v) is 13.4. The lowest BCUT2D eigenvalue weighted by atomic mass is 10.2. The molecule has 0 atom stereocenters. The van der Waals surface area contributed by atoms with Crippen molar-refractivity contribution < 1.29 is 4.39 Å². The van der Waals surface area contributed by atoms with E-state index in [0.717, 1.165) is 15.7 Å². The lowest BCUT2D eigenvalue weighted by molar-refractivity contribution is 0.622. The number of benzene rings is 2. The van der Waals surface area contributed by atoms with Crippen molar-refractivity contribution in [3.05, 3.63) is 55.9 Å². The molecule has 0 unspecified atom stereocenters. The first-order valence-electron chi connectivity index (χ1n) is 5.42. The van der Waals surface area contributed by atoms with Gasteiger partial charge in [-0.25, -0.2) is 4.39 Å². The van der Waals surface area contributed by atoms with Gasteiger partial charge in [0.15, 0.2) is 4.77 Å². The summed E-state index contributed by atoms with van der Waals surface area (Å²) < 4.78 is 17.4. The molecule has 0 saturated carbocycles. The minimum atomic E-state index is -0.315. The molecule has 0 fully saturated rings. The van der Waals surface area contributed by atoms with Crippen LogP contribution in [0.4, 0.5) is 4.39 Å². The Balaban J connectivity index is 2.38. The smallest absolute Gasteiger partial charge is 0.182 e. The second kappa shape index (κ2) is 4.85. The molecule has 1 heterocycles. The second-order valence-electron chi connectivity index (χ2n) is 4.03. The van der Waals surface area contributed by atoms with Crippen LogP contribution in [0.15, 0.2) is 45.3 Å². The number of imidazole rings is 1. The molecule has 0 aliphatic heterocycles. The predicted octanol–water partition coefficient (Wildman–Crippen LogP) is 5.35. The summed E-state index contributed by atoms with van der Waals surface area (Å²) >= 11 is 11.9. The maximum atomic E-state index is 13.7. The maximum absolute atomic E-state index is 13.7. The van der Waals surface area contributed by atoms with Gasteiger partial charge in [-0.15, -0.1) is 0 Å². The highest BCUT2D eigenvalue weighted by molar-refractivity contribution is 9.10. The van der Waals surface area contributed by atoms with E-state index in [1.807, 2.05) is 28.8 Å². The van der Waals surface area contributed by atoms with Crippen molar-refractivity contribution in [1.29, 1.82) is 0 Å². The molecule has 0 spiro atoms. The molecular weight excluding hydrogens is 395 g/mol. The number of hydrogen-bond donors (Lipinski definition) is 1. The van der Waals surface area contributed by atoms with Gasteiger partial charge < -0.3 is 4.98 Å². The summed E-state index contributed by atoms with van der Waals surface area (Å²) in [6.07, 6.45) is 0. The van der Waals surface area contributed by atoms with E-state index in [0.29, 0.717) is 14.8 Å². The monoisotopic (exact) mass is 400 g/mol. The number of nitrogens with one attached hydrogen (secondary N) is 1. The van der Waals surface area contributed by atoms with Gasteiger partial charge in [0.25, 0.3) is 0 Å². The molecule has 1 N–H and O–H groups in total. The van der Waals surface area contributed by atoms with Gasteiger partial charge in [-0.1, -0.05) is 22.0 Å². The molecule has 0 aliphatic rings. The Morgan fingerprint density at radius 3 is 2.68 bits per heavy atom. The Morgan fingerprint density at radius 2 is 1.95 bits per heavy atom. The number of aromatic amines is 1. The van der Waals surface area contributed by atoms with E-state index >= 15 is 0 Å². The van der Waals surface area contributed by atoms with Crippen LogP contribution in [0.2, 0.25) is 0 Å². The molecule has 96 valence electrons. The zero-order valence-electron chi connectivity index (χ0n) is 9.45. The van der Waals surface area contributed by atoms with E-state index in [9.17, 15) is 4.39 Å². The van der Waals surface area contributed by atoms with Crippen molar-refractivity contribution >= 4 is 55.1 Å². The van der Waals surface area contributed by atoms with E-state index in [4.69, 9.17) is 12.2 Å². The zero-order chi connectivity index (χ0) is 13.6. The third kappa shape index (κ3) is 2.28. The fourth-order valence-corrected chi connectivity index (χ4v) is 3.02. The molecule has 0 bridgehead atoms. The summed E-state index contributed by atoms with van der Waals surface area (Å²) in [4.78, 5) is 3.08. The largest absolute Gasteiger partial charge is 0.330 e. The lowest BCUT2D eigenvalue weighted by Gasteiger charge is -2.05. The molecule has 0 radical (unpaired) electrons. The molecule has 3 rings (SSSR count). The Hall–Kier alpha value is -0.980. The van der Waals surface area contributed by atoms with Crippen LogP contribution in [-0.4, -0.2) is 9.55 Å². The molecule has 2 nitrogen and oxygen atoms in total. The van der Waals surface area contributed by atoms with Crippen molar-refractivity contribution in [1.82, 2.24) is 9.55 Å². The van der Waals surface area contributed by atoms with Crippen molar-refractivity contribution in [3.8, 4) is 5.69 Å². The Kier molecular flexibility index (Phi) is 3.32. The van der Waals surface area contributed by atoms with Crippen molar-refractivity contribution in [2.45, 2.75) is 0 Å². The Labute approximate surface area is 130 Å². The maximum Gasteiger partial charge on any atom is 0.182 e. The minimum absolute atomic E-state index is 0.315. The highest BCUT2D eigenvalue weighted by atomic mass is 79.9. The second-order valence-corrected chi connectivity index (χ2v) is 6.19. The molecular formula is C13H7Br2FN2S. The Morgan fingerprint density at radius 1 is 1.16 bits per heavy atom. The minimum Gasteiger partial charge on any atom is -0.330 e. The van der Waals surface area contributed by atoms with Crippen LogP contribution >= 0.6 is 44.1 Å². The number of H-pyrrole nitrogens is 1. The Bertz CT molecular complexity index is 838. The molecule has 0 saturated heterocycles. The lowest BCUT2D eigenvalue weighted by Crippen LogP contribution is -1.94. The van der Waals surface area contributed by atoms with Crippen molar-refractivity contribution in [2.75, 3.05) is 0 Å². The van der Waals surface area contributed by atoms with E-state index in [2.05, 4.69) is 36.8 Å². The fourth-order valence-electron chi connectivity index (χ4n) is 1.97. The first-order chi connectivity index (χ1) is 9.06. The summed E-state index contributed by atoms with van der Waals surface area (Å²) in [6, 6.07) is 10.9. The van der Waals surface area contributed by atoms with Gasteiger partial charge in [-0.2, -0.15) is 0 Å². The number of fused-ring (bicyclic) bond motifs is 1. The van der Waals surface area contributed by atoms with Crippen LogP contribution in [-0.2, 0) is 0 Å². The number of hydrogen-bond acceptors (Lipinski definition) is 1. The van der Waals surface area contributed by atoms with Crippen molar-refractivity contribution in [3.63, 3.8) is 0 Å². The highest BCUT2D eigenvalue weighted by Crippen LogP contribution is 2.26. The molecule has 0 aliphatic carbocycles. The summed E-state index contributed by atoms with van der Waals surface area (Å²) in [6.45, 7) is 0. The van der Waals surface area contributed by atoms with Gasteiger partial charge >= 0.3 is 0 Å². The molecule has 0 amide bonds. The van der Waals surface area contributed by atoms with Crippen LogP contribution in [0.25, 0.3) is 16.7 Å². The first kappa shape index (κ1) is 13.0. The molecule has 6 heteroatoms. The van der Waals surface area contributed by atoms with Crippen LogP contribution in [0, 0.1) is 10.6 Å². The standard InChI is InChI=1S/C13H7Br2FN2S/c14-7-2-1-3-8(4-7)18-12-6-10(16)9(15)5-11(12)17-13(18)19/h1-6H,(H,17,19). The average Bonchev–Trinajstić information content (AvgIpc) is 2.65. The van der Waals surface area contributed by atoms with Crippen LogP contribution in [0.1, 0.15) is 0 Å². The number of rotatable bonds is 1. The molecule has 2 aromatic carbocycles. The van der Waals surface area contributed by atoms with Gasteiger partial charge in [0.1, 0.15) is 5.82 Å². The van der Waals surface area contributed by atoms with Gasteiger partial charge in [-0.3, -0.25) is 4.57 Å². The number of aromatic nitrogens is 2. The van der Waals surface area contributed by atoms with Gasteiger partial charge in [0.2, 0.25) is 0 Å². The summed E-state index contributed by atoms with van der Waals surface area (Å²) in [5.41, 5.74) is 2.38. The molecule has 19 heavy (non-hydrogen) atoms. The highest BCUT2D eigenvalue weighted by Gasteiger charge is 2.10. The summed E-state index contributed by atoms with van der Waals surface area (Å²) in [5, 5.41) is 0. The normalized spacial score (nSPS) is 11.1. The average molecular weight is 402 g/mol. The van der Waals surface area contributed by atoms with E-state index in [-0.39, 0.29) is 5.82 Å². The van der Waals surface area contributed by atoms with Crippen LogP contribution in [0.5, 0.6) is 0 Å². The van der Waals surface area contributed by atoms with Crippen LogP contribution in [0.3, 0.4) is 0 Å². The van der Waals surface area contributed by atoms with Gasteiger partial charge in [-0.05, 0) is 52.4 Å². The van der Waals surface area contributed by atoms with E-state index < -0.39 is 0 Å². The van der Waals surface area contributed by atoms with E-state index in [1.165, 1.54) is 6.07 Å². The van der Waals surface area contributed by atoms with Crippen molar-refractivity contribution in [2.24, 2.45) is 0 Å².